The molecule has 0 aliphatic heterocycles. The van der Waals surface area contributed by atoms with Crippen molar-refractivity contribution in [2.45, 2.75) is 20.3 Å². The molecule has 2 aromatic rings. The largest absolute Gasteiger partial charge is 0.446 e. The first kappa shape index (κ1) is 13.5. The highest BCUT2D eigenvalue weighted by Crippen LogP contribution is 2.23. The molecule has 0 atom stereocenters. The lowest BCUT2D eigenvalue weighted by molar-refractivity contribution is 0.549. The van der Waals surface area contributed by atoms with Gasteiger partial charge in [-0.2, -0.15) is 0 Å². The Morgan fingerprint density at radius 1 is 1.39 bits per heavy atom. The van der Waals surface area contributed by atoms with Crippen molar-refractivity contribution >= 4 is 31.9 Å². The van der Waals surface area contributed by atoms with Crippen molar-refractivity contribution in [2.24, 2.45) is 5.92 Å². The topological polar surface area (TPSA) is 58.9 Å². The molecule has 0 spiro atoms. The van der Waals surface area contributed by atoms with Crippen molar-refractivity contribution in [2.75, 3.05) is 0 Å². The molecule has 0 bridgehead atoms. The molecule has 0 aliphatic rings. The summed E-state index contributed by atoms with van der Waals surface area (Å²) in [5, 5.41) is 0. The van der Waals surface area contributed by atoms with Gasteiger partial charge in [0.2, 0.25) is 0 Å². The summed E-state index contributed by atoms with van der Waals surface area (Å²) in [6, 6.07) is 3.52. The lowest BCUT2D eigenvalue weighted by Crippen LogP contribution is -2.14. The van der Waals surface area contributed by atoms with Crippen molar-refractivity contribution < 1.29 is 4.42 Å². The molecule has 6 heteroatoms. The Morgan fingerprint density at radius 3 is 2.67 bits per heavy atom. The fourth-order valence-electron chi connectivity index (χ4n) is 1.59. The van der Waals surface area contributed by atoms with Gasteiger partial charge in [0, 0.05) is 0 Å². The number of rotatable bonds is 3. The van der Waals surface area contributed by atoms with Gasteiger partial charge in [-0.25, -0.2) is 4.98 Å². The Kier molecular flexibility index (Phi) is 4.07. The highest BCUT2D eigenvalue weighted by Gasteiger charge is 2.13. The van der Waals surface area contributed by atoms with Crippen molar-refractivity contribution in [3.63, 3.8) is 0 Å². The van der Waals surface area contributed by atoms with Crippen molar-refractivity contribution in [3.05, 3.63) is 37.3 Å². The van der Waals surface area contributed by atoms with Gasteiger partial charge < -0.3 is 9.40 Å². The van der Waals surface area contributed by atoms with E-state index in [-0.39, 0.29) is 5.56 Å². The second-order valence-corrected chi connectivity index (χ2v) is 5.95. The van der Waals surface area contributed by atoms with Crippen LogP contribution in [0.15, 0.2) is 30.5 Å². The molecule has 96 valence electrons. The molecule has 0 saturated heterocycles. The molecule has 2 aromatic heterocycles. The van der Waals surface area contributed by atoms with Crippen molar-refractivity contribution in [1.82, 2.24) is 9.97 Å². The first-order chi connectivity index (χ1) is 8.47. The molecule has 0 fully saturated rings. The summed E-state index contributed by atoms with van der Waals surface area (Å²) < 4.78 is 6.49. The minimum atomic E-state index is -0.192. The van der Waals surface area contributed by atoms with E-state index in [1.807, 2.05) is 0 Å². The maximum atomic E-state index is 11.8. The molecule has 2 rings (SSSR count). The first-order valence-corrected chi connectivity index (χ1v) is 7.10. The molecule has 0 amide bonds. The van der Waals surface area contributed by atoms with Crippen LogP contribution in [0.25, 0.3) is 11.6 Å². The number of H-pyrrole nitrogens is 1. The normalized spacial score (nSPS) is 11.2. The van der Waals surface area contributed by atoms with E-state index in [0.717, 1.165) is 12.1 Å². The zero-order chi connectivity index (χ0) is 13.3. The zero-order valence-corrected chi connectivity index (χ0v) is 13.1. The lowest BCUT2D eigenvalue weighted by Gasteiger charge is -2.07. The van der Waals surface area contributed by atoms with Gasteiger partial charge in [0.1, 0.15) is 4.47 Å². The minimum absolute atomic E-state index is 0.192. The predicted molar refractivity (Wildman–Crippen MR) is 76.5 cm³/mol. The number of halogens is 2. The summed E-state index contributed by atoms with van der Waals surface area (Å²) in [5.41, 5.74) is 0.555. The van der Waals surface area contributed by atoms with Crippen LogP contribution >= 0.6 is 31.9 Å². The number of aromatic nitrogens is 2. The van der Waals surface area contributed by atoms with Crippen molar-refractivity contribution in [3.8, 4) is 11.6 Å². The SMILES string of the molecule is CC(C)Cc1nc(-c2ccc(Br)o2)[nH]c(=O)c1Br. The second-order valence-electron chi connectivity index (χ2n) is 4.38. The molecule has 0 aliphatic carbocycles. The highest BCUT2D eigenvalue weighted by molar-refractivity contribution is 9.10. The first-order valence-electron chi connectivity index (χ1n) is 5.51. The number of furan rings is 1. The predicted octanol–water partition coefficient (Wildman–Crippen LogP) is 3.75. The monoisotopic (exact) mass is 374 g/mol. The van der Waals surface area contributed by atoms with E-state index >= 15 is 0 Å². The Balaban J connectivity index is 2.50. The van der Waals surface area contributed by atoms with Crippen LogP contribution in [-0.4, -0.2) is 9.97 Å². The van der Waals surface area contributed by atoms with Gasteiger partial charge in [-0.05, 0) is 56.3 Å². The van der Waals surface area contributed by atoms with E-state index in [1.165, 1.54) is 0 Å². The van der Waals surface area contributed by atoms with Crippen LogP contribution in [0.3, 0.4) is 0 Å². The average molecular weight is 376 g/mol. The molecule has 0 saturated carbocycles. The van der Waals surface area contributed by atoms with Gasteiger partial charge in [-0.1, -0.05) is 13.8 Å². The standard InChI is InChI=1S/C12H12Br2N2O2/c1-6(2)5-7-10(14)12(17)16-11(15-7)8-3-4-9(13)18-8/h3-4,6H,5H2,1-2H3,(H,15,16,17). The summed E-state index contributed by atoms with van der Waals surface area (Å²) in [7, 11) is 0. The highest BCUT2D eigenvalue weighted by atomic mass is 79.9. The fourth-order valence-corrected chi connectivity index (χ4v) is 2.24. The number of aromatic amines is 1. The minimum Gasteiger partial charge on any atom is -0.446 e. The molecule has 4 nitrogen and oxygen atoms in total. The maximum absolute atomic E-state index is 11.8. The van der Waals surface area contributed by atoms with Crippen LogP contribution in [-0.2, 0) is 6.42 Å². The number of nitrogens with one attached hydrogen (secondary N) is 1. The van der Waals surface area contributed by atoms with Crippen LogP contribution in [0, 0.1) is 5.92 Å². The smallest absolute Gasteiger partial charge is 0.265 e. The molecular weight excluding hydrogens is 364 g/mol. The van der Waals surface area contributed by atoms with Gasteiger partial charge in [0.25, 0.3) is 5.56 Å². The lowest BCUT2D eigenvalue weighted by atomic mass is 10.1. The summed E-state index contributed by atoms with van der Waals surface area (Å²) in [6.45, 7) is 4.16. The quantitative estimate of drug-likeness (QED) is 0.888. The van der Waals surface area contributed by atoms with Crippen molar-refractivity contribution in [1.29, 1.82) is 0 Å². The molecule has 0 unspecified atom stereocenters. The Bertz CT molecular complexity index is 617. The third-order valence-electron chi connectivity index (χ3n) is 2.34. The molecule has 2 heterocycles. The van der Waals surface area contributed by atoms with E-state index in [2.05, 4.69) is 55.7 Å². The summed E-state index contributed by atoms with van der Waals surface area (Å²) >= 11 is 6.50. The van der Waals surface area contributed by atoms with Crippen LogP contribution in [0.2, 0.25) is 0 Å². The molecule has 0 aromatic carbocycles. The van der Waals surface area contributed by atoms with E-state index in [0.29, 0.717) is 26.6 Å². The van der Waals surface area contributed by atoms with Crippen LogP contribution < -0.4 is 5.56 Å². The van der Waals surface area contributed by atoms with Gasteiger partial charge in [-0.3, -0.25) is 4.79 Å². The number of nitrogens with zero attached hydrogens (tertiary/aromatic N) is 1. The zero-order valence-electron chi connectivity index (χ0n) is 9.96. The van der Waals surface area contributed by atoms with E-state index in [4.69, 9.17) is 4.42 Å². The Hall–Kier alpha value is -0.880. The maximum Gasteiger partial charge on any atom is 0.265 e. The van der Waals surface area contributed by atoms with Crippen LogP contribution in [0.5, 0.6) is 0 Å². The molecule has 18 heavy (non-hydrogen) atoms. The Morgan fingerprint density at radius 2 is 2.11 bits per heavy atom. The van der Waals surface area contributed by atoms with Gasteiger partial charge >= 0.3 is 0 Å². The average Bonchev–Trinajstić information content (AvgIpc) is 2.70. The Labute approximate surface area is 121 Å². The molecule has 1 N–H and O–H groups in total. The molecular formula is C12H12Br2N2O2. The van der Waals surface area contributed by atoms with E-state index < -0.39 is 0 Å². The van der Waals surface area contributed by atoms with Gasteiger partial charge in [0.05, 0.1) is 5.69 Å². The number of hydrogen-bond acceptors (Lipinski definition) is 3. The second kappa shape index (κ2) is 5.40. The van der Waals surface area contributed by atoms with Crippen LogP contribution in [0.4, 0.5) is 0 Å². The summed E-state index contributed by atoms with van der Waals surface area (Å²) in [4.78, 5) is 19.0. The van der Waals surface area contributed by atoms with E-state index in [9.17, 15) is 4.79 Å². The molecule has 0 radical (unpaired) electrons. The third kappa shape index (κ3) is 2.92. The number of hydrogen-bond donors (Lipinski definition) is 1. The third-order valence-corrected chi connectivity index (χ3v) is 3.58. The van der Waals surface area contributed by atoms with Crippen LogP contribution in [0.1, 0.15) is 19.5 Å². The van der Waals surface area contributed by atoms with E-state index in [1.54, 1.807) is 12.1 Å². The fraction of sp³-hybridized carbons (Fsp3) is 0.333. The van der Waals surface area contributed by atoms with Gasteiger partial charge in [-0.15, -0.1) is 0 Å². The van der Waals surface area contributed by atoms with Gasteiger partial charge in [0.15, 0.2) is 16.3 Å². The summed E-state index contributed by atoms with van der Waals surface area (Å²) in [6.07, 6.45) is 0.735. The summed E-state index contributed by atoms with van der Waals surface area (Å²) in [5.74, 6) is 1.41.